The molecule has 0 spiro atoms. The van der Waals surface area contributed by atoms with E-state index < -0.39 is 0 Å². The maximum atomic E-state index is 13.5. The molecular formula is C22H22N8O3. The summed E-state index contributed by atoms with van der Waals surface area (Å²) in [6.07, 6.45) is 8.95. The first-order valence-corrected chi connectivity index (χ1v) is 10.9. The first kappa shape index (κ1) is 19.8. The van der Waals surface area contributed by atoms with Crippen molar-refractivity contribution in [3.8, 4) is 17.1 Å². The van der Waals surface area contributed by atoms with Crippen molar-refractivity contribution in [2.24, 2.45) is 7.05 Å². The predicted octanol–water partition coefficient (Wildman–Crippen LogP) is 2.65. The number of aromatic nitrogens is 8. The molecule has 2 unspecified atom stereocenters. The number of pyridine rings is 1. The van der Waals surface area contributed by atoms with Gasteiger partial charge in [0.05, 0.1) is 12.3 Å². The van der Waals surface area contributed by atoms with Crippen molar-refractivity contribution < 1.29 is 9.15 Å². The number of hydrogen-bond donors (Lipinski definition) is 0. The summed E-state index contributed by atoms with van der Waals surface area (Å²) in [5, 5.41) is 8.42. The number of ether oxygens (including phenoxy) is 1. The molecule has 6 heterocycles. The van der Waals surface area contributed by atoms with Gasteiger partial charge >= 0.3 is 5.69 Å². The minimum Gasteiger partial charge on any atom is -0.450 e. The van der Waals surface area contributed by atoms with E-state index in [9.17, 15) is 4.79 Å². The molecule has 0 amide bonds. The first-order valence-electron chi connectivity index (χ1n) is 10.9. The molecule has 5 aromatic heterocycles. The number of furan rings is 1. The molecule has 0 N–H and O–H groups in total. The molecule has 0 saturated carbocycles. The highest BCUT2D eigenvalue weighted by atomic mass is 16.5. The summed E-state index contributed by atoms with van der Waals surface area (Å²) in [5.41, 5.74) is 3.13. The van der Waals surface area contributed by atoms with Crippen molar-refractivity contribution in [2.45, 2.75) is 38.3 Å². The van der Waals surface area contributed by atoms with E-state index in [0.717, 1.165) is 19.3 Å². The lowest BCUT2D eigenvalue weighted by molar-refractivity contribution is -0.00710. The maximum absolute atomic E-state index is 13.5. The summed E-state index contributed by atoms with van der Waals surface area (Å²) in [4.78, 5) is 26.7. The van der Waals surface area contributed by atoms with Gasteiger partial charge in [-0.25, -0.2) is 19.4 Å². The Balaban J connectivity index is 1.66. The normalized spacial score (nSPS) is 19.0. The van der Waals surface area contributed by atoms with Gasteiger partial charge in [-0.15, -0.1) is 0 Å². The van der Waals surface area contributed by atoms with Gasteiger partial charge in [0.25, 0.3) is 0 Å². The standard InChI is InChI=1S/C22H22N8O3/c1-3-15-8-14(6-7-32-15)30-20-19-16(4-5-17(26-19)29-12-23-11-25-29)33-21(20)18(27-22(30)31)13-9-24-28(2)10-13/h4-5,9-12,14-15H,3,6-8H2,1-2H3. The second-order valence-electron chi connectivity index (χ2n) is 8.23. The summed E-state index contributed by atoms with van der Waals surface area (Å²) >= 11 is 0. The van der Waals surface area contributed by atoms with Crippen LogP contribution in [0.4, 0.5) is 0 Å². The van der Waals surface area contributed by atoms with Crippen LogP contribution < -0.4 is 5.69 Å². The SMILES string of the molecule is CCC1CC(n2c(=O)nc(-c3cnn(C)c3)c3oc4ccc(-n5cncn5)nc4c32)CCO1. The van der Waals surface area contributed by atoms with Gasteiger partial charge in [-0.1, -0.05) is 6.92 Å². The molecule has 1 fully saturated rings. The van der Waals surface area contributed by atoms with Crippen LogP contribution in [0.5, 0.6) is 0 Å². The lowest BCUT2D eigenvalue weighted by Gasteiger charge is -2.30. The lowest BCUT2D eigenvalue weighted by Crippen LogP contribution is -2.34. The molecule has 11 nitrogen and oxygen atoms in total. The molecule has 0 aliphatic carbocycles. The van der Waals surface area contributed by atoms with Gasteiger partial charge in [0.15, 0.2) is 17.0 Å². The van der Waals surface area contributed by atoms with Crippen LogP contribution in [0.15, 0.2) is 46.4 Å². The third-order valence-electron chi connectivity index (χ3n) is 6.16. The van der Waals surface area contributed by atoms with E-state index in [2.05, 4.69) is 27.1 Å². The largest absolute Gasteiger partial charge is 0.450 e. The Morgan fingerprint density at radius 3 is 2.88 bits per heavy atom. The van der Waals surface area contributed by atoms with Crippen LogP contribution >= 0.6 is 0 Å². The van der Waals surface area contributed by atoms with E-state index in [1.165, 1.54) is 6.33 Å². The molecule has 0 radical (unpaired) electrons. The fourth-order valence-electron chi connectivity index (χ4n) is 4.54. The summed E-state index contributed by atoms with van der Waals surface area (Å²) in [5.74, 6) is 0.583. The quantitative estimate of drug-likeness (QED) is 0.413. The molecule has 6 rings (SSSR count). The van der Waals surface area contributed by atoms with Crippen molar-refractivity contribution in [1.29, 1.82) is 0 Å². The van der Waals surface area contributed by atoms with Crippen LogP contribution in [0.3, 0.4) is 0 Å². The van der Waals surface area contributed by atoms with Gasteiger partial charge in [0.1, 0.15) is 29.4 Å². The zero-order valence-electron chi connectivity index (χ0n) is 18.2. The molecular weight excluding hydrogens is 424 g/mol. The van der Waals surface area contributed by atoms with Crippen molar-refractivity contribution >= 4 is 22.2 Å². The van der Waals surface area contributed by atoms with E-state index >= 15 is 0 Å². The molecule has 168 valence electrons. The zero-order chi connectivity index (χ0) is 22.5. The summed E-state index contributed by atoms with van der Waals surface area (Å²) in [6, 6.07) is 3.58. The summed E-state index contributed by atoms with van der Waals surface area (Å²) in [7, 11) is 1.82. The minimum absolute atomic E-state index is 0.0632. The number of fused-ring (bicyclic) bond motifs is 3. The Morgan fingerprint density at radius 2 is 2.12 bits per heavy atom. The maximum Gasteiger partial charge on any atom is 0.349 e. The average molecular weight is 446 g/mol. The first-order chi connectivity index (χ1) is 16.1. The number of nitrogens with zero attached hydrogens (tertiary/aromatic N) is 8. The highest BCUT2D eigenvalue weighted by molar-refractivity contribution is 6.04. The fraction of sp³-hybridized carbons (Fsp3) is 0.364. The van der Waals surface area contributed by atoms with Gasteiger partial charge in [0.2, 0.25) is 0 Å². The van der Waals surface area contributed by atoms with Crippen molar-refractivity contribution in [2.75, 3.05) is 6.61 Å². The van der Waals surface area contributed by atoms with E-state index in [1.807, 2.05) is 19.3 Å². The third-order valence-corrected chi connectivity index (χ3v) is 6.16. The Labute approximate surface area is 187 Å². The predicted molar refractivity (Wildman–Crippen MR) is 119 cm³/mol. The Kier molecular flexibility index (Phi) is 4.57. The van der Waals surface area contributed by atoms with Crippen molar-refractivity contribution in [3.63, 3.8) is 0 Å². The second kappa shape index (κ2) is 7.62. The highest BCUT2D eigenvalue weighted by Gasteiger charge is 2.29. The van der Waals surface area contributed by atoms with Gasteiger partial charge in [-0.2, -0.15) is 15.2 Å². The van der Waals surface area contributed by atoms with Crippen LogP contribution in [-0.2, 0) is 11.8 Å². The van der Waals surface area contributed by atoms with E-state index in [1.54, 1.807) is 32.5 Å². The van der Waals surface area contributed by atoms with Crippen molar-refractivity contribution in [1.82, 2.24) is 39.1 Å². The lowest BCUT2D eigenvalue weighted by atomic mass is 10.0. The fourth-order valence-corrected chi connectivity index (χ4v) is 4.54. The van der Waals surface area contributed by atoms with E-state index in [0.29, 0.717) is 45.9 Å². The Bertz CT molecular complexity index is 1510. The molecule has 1 aliphatic rings. The van der Waals surface area contributed by atoms with Crippen LogP contribution in [0.2, 0.25) is 0 Å². The number of hydrogen-bond acceptors (Lipinski definition) is 8. The third kappa shape index (κ3) is 3.23. The van der Waals surface area contributed by atoms with Gasteiger partial charge in [0, 0.05) is 31.5 Å². The van der Waals surface area contributed by atoms with Crippen LogP contribution in [0.1, 0.15) is 32.2 Å². The minimum atomic E-state index is -0.334. The van der Waals surface area contributed by atoms with Gasteiger partial charge in [-0.3, -0.25) is 9.25 Å². The zero-order valence-corrected chi connectivity index (χ0v) is 18.2. The smallest absolute Gasteiger partial charge is 0.349 e. The Morgan fingerprint density at radius 1 is 1.21 bits per heavy atom. The molecule has 33 heavy (non-hydrogen) atoms. The molecule has 1 saturated heterocycles. The molecule has 2 atom stereocenters. The van der Waals surface area contributed by atoms with Gasteiger partial charge < -0.3 is 9.15 Å². The second-order valence-corrected chi connectivity index (χ2v) is 8.23. The van der Waals surface area contributed by atoms with Crippen LogP contribution in [0, 0.1) is 0 Å². The molecule has 1 aliphatic heterocycles. The van der Waals surface area contributed by atoms with E-state index in [-0.39, 0.29) is 17.8 Å². The molecule has 5 aromatic rings. The number of rotatable bonds is 4. The van der Waals surface area contributed by atoms with Crippen molar-refractivity contribution in [3.05, 3.63) is 47.7 Å². The monoisotopic (exact) mass is 446 g/mol. The van der Waals surface area contributed by atoms with Crippen LogP contribution in [0.25, 0.3) is 39.3 Å². The molecule has 0 bridgehead atoms. The highest BCUT2D eigenvalue weighted by Crippen LogP contribution is 2.36. The van der Waals surface area contributed by atoms with Crippen LogP contribution in [-0.4, -0.2) is 51.8 Å². The summed E-state index contributed by atoms with van der Waals surface area (Å²) in [6.45, 7) is 2.68. The Hall–Kier alpha value is -3.86. The van der Waals surface area contributed by atoms with Gasteiger partial charge in [-0.05, 0) is 31.4 Å². The van der Waals surface area contributed by atoms with E-state index in [4.69, 9.17) is 14.1 Å². The average Bonchev–Trinajstić information content (AvgIpc) is 3.58. The topological polar surface area (TPSA) is 119 Å². The molecule has 0 aromatic carbocycles. The summed E-state index contributed by atoms with van der Waals surface area (Å²) < 4.78 is 17.1. The number of aryl methyl sites for hydroxylation is 1. The molecule has 11 heteroatoms.